The Morgan fingerprint density at radius 1 is 0.968 bits per heavy atom. The average molecular weight is 436 g/mol. The molecule has 0 N–H and O–H groups in total. The van der Waals surface area contributed by atoms with Crippen LogP contribution < -0.4 is 0 Å². The summed E-state index contributed by atoms with van der Waals surface area (Å²) in [6.07, 6.45) is 0. The van der Waals surface area contributed by atoms with Gasteiger partial charge in [0.15, 0.2) is 18.2 Å². The van der Waals surface area contributed by atoms with Crippen molar-refractivity contribution in [1.82, 2.24) is 10.2 Å². The number of hydrogen-bond donors (Lipinski definition) is 0. The maximum atomic E-state index is 13.1. The van der Waals surface area contributed by atoms with Crippen molar-refractivity contribution < 1.29 is 22.7 Å². The molecule has 0 fully saturated rings. The maximum Gasteiger partial charge on any atom is 0.339 e. The fourth-order valence-electron chi connectivity index (χ4n) is 2.72. The molecule has 8 heteroatoms. The highest BCUT2D eigenvalue weighted by Crippen LogP contribution is 2.26. The molecule has 4 aromatic rings. The van der Waals surface area contributed by atoms with Crippen LogP contribution in [0.2, 0.25) is 0 Å². The van der Waals surface area contributed by atoms with E-state index in [1.54, 1.807) is 0 Å². The highest BCUT2D eigenvalue weighted by atomic mass is 32.2. The predicted molar refractivity (Wildman–Crippen MR) is 112 cm³/mol. The molecule has 4 rings (SSSR count). The van der Waals surface area contributed by atoms with Crippen LogP contribution >= 0.6 is 11.8 Å². The number of aromatic nitrogens is 2. The number of hydrogen-bond acceptors (Lipinski definition) is 6. The standard InChI is InChI=1S/C23H14F2N2O3S/c24-19-10-9-18(14-20(19)25)22(28)29-11-3-4-12-31-23-27-26-21(30-23)17-8-7-15-5-1-2-6-16(15)13-17/h1-2,5-10,13-14H,11-12H2. The second-order valence-electron chi connectivity index (χ2n) is 6.28. The van der Waals surface area contributed by atoms with Crippen LogP contribution in [0, 0.1) is 23.5 Å². The van der Waals surface area contributed by atoms with E-state index in [-0.39, 0.29) is 12.2 Å². The van der Waals surface area contributed by atoms with E-state index in [2.05, 4.69) is 22.0 Å². The second kappa shape index (κ2) is 9.41. The largest absolute Gasteiger partial charge is 0.449 e. The van der Waals surface area contributed by atoms with Gasteiger partial charge in [0.2, 0.25) is 5.89 Å². The van der Waals surface area contributed by atoms with E-state index < -0.39 is 17.6 Å². The molecule has 0 amide bonds. The molecule has 0 spiro atoms. The summed E-state index contributed by atoms with van der Waals surface area (Å²) in [5.74, 6) is 3.32. The number of carbonyl (C=O) groups is 1. The van der Waals surface area contributed by atoms with Gasteiger partial charge in [-0.05, 0) is 41.1 Å². The van der Waals surface area contributed by atoms with Crippen LogP contribution in [0.3, 0.4) is 0 Å². The topological polar surface area (TPSA) is 65.2 Å². The van der Waals surface area contributed by atoms with Crippen molar-refractivity contribution in [2.24, 2.45) is 0 Å². The van der Waals surface area contributed by atoms with Crippen LogP contribution in [0.1, 0.15) is 10.4 Å². The van der Waals surface area contributed by atoms with Crippen molar-refractivity contribution in [3.8, 4) is 23.3 Å². The number of ether oxygens (including phenoxy) is 1. The highest BCUT2D eigenvalue weighted by Gasteiger charge is 2.11. The van der Waals surface area contributed by atoms with Crippen molar-refractivity contribution in [2.45, 2.75) is 5.22 Å². The lowest BCUT2D eigenvalue weighted by Gasteiger charge is -2.01. The molecular weight excluding hydrogens is 422 g/mol. The van der Waals surface area contributed by atoms with Crippen LogP contribution in [-0.2, 0) is 4.74 Å². The Balaban J connectivity index is 1.28. The van der Waals surface area contributed by atoms with Crippen LogP contribution in [0.4, 0.5) is 8.78 Å². The lowest BCUT2D eigenvalue weighted by Crippen LogP contribution is -2.06. The van der Waals surface area contributed by atoms with E-state index in [9.17, 15) is 13.6 Å². The van der Waals surface area contributed by atoms with Crippen LogP contribution in [0.25, 0.3) is 22.2 Å². The molecule has 0 unspecified atom stereocenters. The van der Waals surface area contributed by atoms with Crippen molar-refractivity contribution in [2.75, 3.05) is 12.4 Å². The summed E-state index contributed by atoms with van der Waals surface area (Å²) >= 11 is 1.25. The lowest BCUT2D eigenvalue weighted by molar-refractivity contribution is 0.0556. The Morgan fingerprint density at radius 2 is 1.81 bits per heavy atom. The molecule has 0 radical (unpaired) electrons. The van der Waals surface area contributed by atoms with E-state index in [1.165, 1.54) is 11.8 Å². The van der Waals surface area contributed by atoms with Crippen molar-refractivity contribution in [3.05, 3.63) is 77.9 Å². The summed E-state index contributed by atoms with van der Waals surface area (Å²) < 4.78 is 36.6. The number of carbonyl (C=O) groups excluding carboxylic acids is 1. The molecule has 0 aliphatic rings. The maximum absolute atomic E-state index is 13.1. The summed E-state index contributed by atoms with van der Waals surface area (Å²) in [5, 5.41) is 10.6. The molecule has 31 heavy (non-hydrogen) atoms. The third kappa shape index (κ3) is 5.08. The number of thioether (sulfide) groups is 1. The Hall–Kier alpha value is -3.70. The van der Waals surface area contributed by atoms with Gasteiger partial charge in [0.25, 0.3) is 5.22 Å². The smallest absolute Gasteiger partial charge is 0.339 e. The molecule has 154 valence electrons. The number of nitrogens with zero attached hydrogens (tertiary/aromatic N) is 2. The highest BCUT2D eigenvalue weighted by molar-refractivity contribution is 7.99. The van der Waals surface area contributed by atoms with Gasteiger partial charge in [-0.2, -0.15) is 0 Å². The average Bonchev–Trinajstić information content (AvgIpc) is 3.26. The fourth-order valence-corrected chi connectivity index (χ4v) is 3.25. The van der Waals surface area contributed by atoms with Crippen LogP contribution in [-0.4, -0.2) is 28.5 Å². The Kier molecular flexibility index (Phi) is 6.24. The van der Waals surface area contributed by atoms with Gasteiger partial charge in [0.1, 0.15) is 0 Å². The number of esters is 1. The third-order valence-corrected chi connectivity index (χ3v) is 4.93. The third-order valence-electron chi connectivity index (χ3n) is 4.23. The summed E-state index contributed by atoms with van der Waals surface area (Å²) in [7, 11) is 0. The van der Waals surface area contributed by atoms with E-state index in [4.69, 9.17) is 9.15 Å². The zero-order valence-electron chi connectivity index (χ0n) is 16.0. The first-order chi connectivity index (χ1) is 15.1. The van der Waals surface area contributed by atoms with Gasteiger partial charge < -0.3 is 9.15 Å². The number of fused-ring (bicyclic) bond motifs is 1. The predicted octanol–water partition coefficient (Wildman–Crippen LogP) is 5.12. The Labute approximate surface area is 180 Å². The van der Waals surface area contributed by atoms with E-state index in [0.717, 1.165) is 34.5 Å². The van der Waals surface area contributed by atoms with Gasteiger partial charge in [-0.1, -0.05) is 53.9 Å². The van der Waals surface area contributed by atoms with E-state index in [0.29, 0.717) is 16.9 Å². The summed E-state index contributed by atoms with van der Waals surface area (Å²) in [6, 6.07) is 16.7. The van der Waals surface area contributed by atoms with Gasteiger partial charge in [-0.25, -0.2) is 13.6 Å². The minimum absolute atomic E-state index is 0.0813. The normalized spacial score (nSPS) is 10.5. The summed E-state index contributed by atoms with van der Waals surface area (Å²) in [5.41, 5.74) is 0.746. The fraction of sp³-hybridized carbons (Fsp3) is 0.0870. The van der Waals surface area contributed by atoms with Gasteiger partial charge in [0.05, 0.1) is 11.3 Å². The summed E-state index contributed by atoms with van der Waals surface area (Å²) in [4.78, 5) is 11.8. The van der Waals surface area contributed by atoms with Gasteiger partial charge >= 0.3 is 5.97 Å². The molecule has 3 aromatic carbocycles. The molecule has 5 nitrogen and oxygen atoms in total. The van der Waals surface area contributed by atoms with E-state index in [1.807, 2.05) is 42.5 Å². The molecule has 1 heterocycles. The molecule has 0 saturated carbocycles. The SMILES string of the molecule is O=C(OCC#CCSc1nnc(-c2ccc3ccccc3c2)o1)c1ccc(F)c(F)c1. The lowest BCUT2D eigenvalue weighted by atomic mass is 10.1. The zero-order chi connectivity index (χ0) is 21.6. The number of halogens is 2. The molecule has 1 aromatic heterocycles. The molecule has 0 aliphatic carbocycles. The molecule has 0 aliphatic heterocycles. The van der Waals surface area contributed by atoms with Crippen LogP contribution in [0.5, 0.6) is 0 Å². The minimum atomic E-state index is -1.11. The molecule has 0 atom stereocenters. The first-order valence-corrected chi connectivity index (χ1v) is 10.1. The van der Waals surface area contributed by atoms with Gasteiger partial charge in [0, 0.05) is 5.56 Å². The Bertz CT molecular complexity index is 1310. The van der Waals surface area contributed by atoms with Crippen LogP contribution in [0.15, 0.2) is 70.3 Å². The monoisotopic (exact) mass is 436 g/mol. The number of rotatable bonds is 5. The quantitative estimate of drug-likeness (QED) is 0.246. The summed E-state index contributed by atoms with van der Waals surface area (Å²) in [6.45, 7) is -0.176. The van der Waals surface area contributed by atoms with Gasteiger partial charge in [-0.3, -0.25) is 0 Å². The molecule has 0 saturated heterocycles. The first-order valence-electron chi connectivity index (χ1n) is 9.13. The zero-order valence-corrected chi connectivity index (χ0v) is 16.8. The first kappa shape index (κ1) is 20.6. The Morgan fingerprint density at radius 3 is 2.65 bits per heavy atom. The van der Waals surface area contributed by atoms with Crippen molar-refractivity contribution >= 4 is 28.5 Å². The molecular formula is C23H14F2N2O3S. The minimum Gasteiger partial charge on any atom is -0.449 e. The number of benzene rings is 3. The second-order valence-corrected chi connectivity index (χ2v) is 7.21. The van der Waals surface area contributed by atoms with E-state index >= 15 is 0 Å². The van der Waals surface area contributed by atoms with Gasteiger partial charge in [-0.15, -0.1) is 10.2 Å². The van der Waals surface area contributed by atoms with Crippen molar-refractivity contribution in [1.29, 1.82) is 0 Å². The van der Waals surface area contributed by atoms with Crippen molar-refractivity contribution in [3.63, 3.8) is 0 Å². The molecule has 0 bridgehead atoms.